The molecular formula is C14H14B2N2. The predicted octanol–water partition coefficient (Wildman–Crippen LogP) is 0.194. The van der Waals surface area contributed by atoms with Gasteiger partial charge in [0.15, 0.2) is 0 Å². The summed E-state index contributed by atoms with van der Waals surface area (Å²) in [4.78, 5) is 6.54. The van der Waals surface area contributed by atoms with Gasteiger partial charge in [0.25, 0.3) is 0 Å². The fourth-order valence-corrected chi connectivity index (χ4v) is 2.39. The van der Waals surface area contributed by atoms with Gasteiger partial charge in [0.05, 0.1) is 0 Å². The van der Waals surface area contributed by atoms with Crippen molar-refractivity contribution in [2.75, 3.05) is 0 Å². The van der Waals surface area contributed by atoms with Crippen molar-refractivity contribution in [2.24, 2.45) is 0 Å². The van der Waals surface area contributed by atoms with Crippen molar-refractivity contribution < 1.29 is 0 Å². The Balaban J connectivity index is 2.15. The largest absolute Gasteiger partial charge is 0.361 e. The number of aromatic amines is 2. The summed E-state index contributed by atoms with van der Waals surface area (Å²) in [7, 11) is 4.31. The number of hydrogen-bond acceptors (Lipinski definition) is 0. The zero-order valence-corrected chi connectivity index (χ0v) is 10.6. The van der Waals surface area contributed by atoms with Crippen molar-refractivity contribution in [1.29, 1.82) is 0 Å². The van der Waals surface area contributed by atoms with E-state index in [1.165, 1.54) is 33.4 Å². The second-order valence-electron chi connectivity index (χ2n) is 4.65. The molecule has 0 aliphatic heterocycles. The molecule has 4 heteroatoms. The first-order chi connectivity index (χ1) is 8.75. The lowest BCUT2D eigenvalue weighted by atomic mass is 9.79. The number of nitrogens with one attached hydrogen (secondary N) is 2. The second kappa shape index (κ2) is 4.30. The Morgan fingerprint density at radius 2 is 1.17 bits per heavy atom. The minimum absolute atomic E-state index is 1.17. The molecule has 18 heavy (non-hydrogen) atoms. The van der Waals surface area contributed by atoms with Crippen LogP contribution in [0.15, 0.2) is 48.8 Å². The molecule has 0 bridgehead atoms. The monoisotopic (exact) mass is 232 g/mol. The van der Waals surface area contributed by atoms with E-state index in [1.54, 1.807) is 0 Å². The third-order valence-corrected chi connectivity index (χ3v) is 3.35. The van der Waals surface area contributed by atoms with E-state index in [1.807, 2.05) is 24.5 Å². The maximum atomic E-state index is 3.27. The fourth-order valence-electron chi connectivity index (χ4n) is 2.39. The Kier molecular flexibility index (Phi) is 2.63. The molecule has 0 fully saturated rings. The lowest BCUT2D eigenvalue weighted by Crippen LogP contribution is -2.17. The lowest BCUT2D eigenvalue weighted by Gasteiger charge is -2.11. The molecule has 0 spiro atoms. The summed E-state index contributed by atoms with van der Waals surface area (Å²) in [6, 6.07) is 12.8. The smallest absolute Gasteiger partial charge is 0.140 e. The van der Waals surface area contributed by atoms with E-state index in [4.69, 9.17) is 0 Å². The van der Waals surface area contributed by atoms with E-state index in [0.29, 0.717) is 0 Å². The van der Waals surface area contributed by atoms with Crippen molar-refractivity contribution >= 4 is 26.6 Å². The summed E-state index contributed by atoms with van der Waals surface area (Å²) >= 11 is 0. The van der Waals surface area contributed by atoms with Gasteiger partial charge >= 0.3 is 0 Å². The fraction of sp³-hybridized carbons (Fsp3) is 0. The molecule has 0 aliphatic rings. The van der Waals surface area contributed by atoms with Crippen LogP contribution in [0.4, 0.5) is 0 Å². The van der Waals surface area contributed by atoms with Gasteiger partial charge in [-0.3, -0.25) is 0 Å². The van der Waals surface area contributed by atoms with Gasteiger partial charge in [-0.2, -0.15) is 0 Å². The summed E-state index contributed by atoms with van der Waals surface area (Å²) < 4.78 is 0. The summed E-state index contributed by atoms with van der Waals surface area (Å²) in [5.74, 6) is 0. The van der Waals surface area contributed by atoms with E-state index in [-0.39, 0.29) is 0 Å². The Labute approximate surface area is 108 Å². The number of aromatic nitrogens is 2. The highest BCUT2D eigenvalue weighted by Gasteiger charge is 2.08. The van der Waals surface area contributed by atoms with E-state index >= 15 is 0 Å². The number of H-pyrrole nitrogens is 2. The van der Waals surface area contributed by atoms with Gasteiger partial charge in [-0.1, -0.05) is 23.1 Å². The molecule has 1 aromatic carbocycles. The molecular weight excluding hydrogens is 218 g/mol. The highest BCUT2D eigenvalue weighted by Crippen LogP contribution is 2.18. The van der Waals surface area contributed by atoms with Gasteiger partial charge in [0, 0.05) is 23.8 Å². The van der Waals surface area contributed by atoms with E-state index in [2.05, 4.69) is 49.9 Å². The first kappa shape index (κ1) is 11.0. The normalized spacial score (nSPS) is 10.7. The van der Waals surface area contributed by atoms with Crippen LogP contribution in [0.1, 0.15) is 0 Å². The van der Waals surface area contributed by atoms with Gasteiger partial charge < -0.3 is 9.97 Å². The summed E-state index contributed by atoms with van der Waals surface area (Å²) in [6.45, 7) is 0. The first-order valence-electron chi connectivity index (χ1n) is 6.14. The van der Waals surface area contributed by atoms with Gasteiger partial charge in [-0.15, -0.1) is 0 Å². The Bertz CT molecular complexity index is 595. The predicted molar refractivity (Wildman–Crippen MR) is 82.4 cm³/mol. The SMILES string of the molecule is Bc1cc(-c2ccc[nH]2)c(B)cc1-c1ccc[nH]1. The average Bonchev–Trinajstić information content (AvgIpc) is 3.02. The van der Waals surface area contributed by atoms with Gasteiger partial charge in [0.1, 0.15) is 15.7 Å². The van der Waals surface area contributed by atoms with Crippen molar-refractivity contribution in [3.63, 3.8) is 0 Å². The molecule has 0 saturated heterocycles. The van der Waals surface area contributed by atoms with Crippen LogP contribution in [0.2, 0.25) is 0 Å². The van der Waals surface area contributed by atoms with Gasteiger partial charge in [0.2, 0.25) is 0 Å². The minimum Gasteiger partial charge on any atom is -0.361 e. The second-order valence-corrected chi connectivity index (χ2v) is 4.65. The number of hydrogen-bond donors (Lipinski definition) is 2. The quantitative estimate of drug-likeness (QED) is 0.591. The zero-order chi connectivity index (χ0) is 12.5. The highest BCUT2D eigenvalue weighted by molar-refractivity contribution is 6.41. The van der Waals surface area contributed by atoms with Crippen LogP contribution < -0.4 is 10.9 Å². The molecule has 86 valence electrons. The van der Waals surface area contributed by atoms with Crippen LogP contribution in [0, 0.1) is 0 Å². The summed E-state index contributed by atoms with van der Waals surface area (Å²) in [5.41, 5.74) is 7.46. The minimum atomic E-state index is 1.17. The molecule has 3 aromatic rings. The van der Waals surface area contributed by atoms with Crippen LogP contribution in [-0.4, -0.2) is 25.7 Å². The number of rotatable bonds is 2. The Hall–Kier alpha value is -2.09. The molecule has 2 aromatic heterocycles. The molecule has 0 atom stereocenters. The number of benzene rings is 1. The van der Waals surface area contributed by atoms with Crippen LogP contribution >= 0.6 is 0 Å². The standard InChI is InChI=1S/C14H14B2N2/c15-11-8-10(14-4-2-6-18-14)12(16)7-9(11)13-3-1-5-17-13/h1-8,17-18H,15-16H2. The molecule has 2 heterocycles. The lowest BCUT2D eigenvalue weighted by molar-refractivity contribution is 1.40. The molecule has 2 N–H and O–H groups in total. The highest BCUT2D eigenvalue weighted by atomic mass is 14.7. The first-order valence-corrected chi connectivity index (χ1v) is 6.14. The molecule has 0 radical (unpaired) electrons. The third kappa shape index (κ3) is 1.80. The van der Waals surface area contributed by atoms with Crippen LogP contribution in [0.5, 0.6) is 0 Å². The molecule has 2 nitrogen and oxygen atoms in total. The topological polar surface area (TPSA) is 31.6 Å². The van der Waals surface area contributed by atoms with Gasteiger partial charge in [-0.05, 0) is 35.4 Å². The van der Waals surface area contributed by atoms with E-state index in [0.717, 1.165) is 0 Å². The zero-order valence-electron chi connectivity index (χ0n) is 10.6. The van der Waals surface area contributed by atoms with Crippen LogP contribution in [0.25, 0.3) is 22.5 Å². The third-order valence-electron chi connectivity index (χ3n) is 3.35. The summed E-state index contributed by atoms with van der Waals surface area (Å²) in [6.07, 6.45) is 3.92. The van der Waals surface area contributed by atoms with E-state index in [9.17, 15) is 0 Å². The van der Waals surface area contributed by atoms with Crippen molar-refractivity contribution in [2.45, 2.75) is 0 Å². The van der Waals surface area contributed by atoms with E-state index < -0.39 is 0 Å². The Morgan fingerprint density at radius 1 is 0.722 bits per heavy atom. The molecule has 3 rings (SSSR count). The van der Waals surface area contributed by atoms with Gasteiger partial charge in [-0.25, -0.2) is 0 Å². The average molecular weight is 232 g/mol. The Morgan fingerprint density at radius 3 is 1.50 bits per heavy atom. The van der Waals surface area contributed by atoms with Crippen LogP contribution in [0.3, 0.4) is 0 Å². The summed E-state index contributed by atoms with van der Waals surface area (Å²) in [5, 5.41) is 0. The maximum absolute atomic E-state index is 3.27. The van der Waals surface area contributed by atoms with Crippen LogP contribution in [-0.2, 0) is 0 Å². The van der Waals surface area contributed by atoms with Crippen molar-refractivity contribution in [1.82, 2.24) is 9.97 Å². The molecule has 0 saturated carbocycles. The molecule has 0 unspecified atom stereocenters. The molecule has 0 amide bonds. The van der Waals surface area contributed by atoms with Crippen molar-refractivity contribution in [3.05, 3.63) is 48.8 Å². The maximum Gasteiger partial charge on any atom is 0.140 e. The molecule has 0 aliphatic carbocycles. The van der Waals surface area contributed by atoms with Crippen molar-refractivity contribution in [3.8, 4) is 22.5 Å².